The van der Waals surface area contributed by atoms with Gasteiger partial charge in [0.15, 0.2) is 0 Å². The molecule has 0 bridgehead atoms. The first-order chi connectivity index (χ1) is 12.0. The Morgan fingerprint density at radius 3 is 2.80 bits per heavy atom. The number of halogens is 1. The molecule has 2 heterocycles. The number of benzene rings is 1. The standard InChI is InChI=1S/C18H19ClN6/c1-24(2)17(13-9-22-25(3)11-13)10-21-18-6-12(8-20)15-7-14(19)4-5-16(15)23-18/h4-7,9,11,17H,10H2,1-3H3,(H,21,23). The van der Waals surface area contributed by atoms with Crippen molar-refractivity contribution in [3.05, 3.63) is 52.8 Å². The summed E-state index contributed by atoms with van der Waals surface area (Å²) in [5.41, 5.74) is 2.42. The van der Waals surface area contributed by atoms with E-state index in [1.54, 1.807) is 22.9 Å². The van der Waals surface area contributed by atoms with Gasteiger partial charge in [0.25, 0.3) is 0 Å². The Hall–Kier alpha value is -2.62. The van der Waals surface area contributed by atoms with Crippen LogP contribution in [-0.4, -0.2) is 40.3 Å². The summed E-state index contributed by atoms with van der Waals surface area (Å²) < 4.78 is 1.79. The number of likely N-dealkylation sites (N-methyl/N-ethyl adjacent to an activating group) is 1. The first-order valence-corrected chi connectivity index (χ1v) is 8.25. The Bertz CT molecular complexity index is 940. The van der Waals surface area contributed by atoms with Gasteiger partial charge < -0.3 is 10.2 Å². The minimum Gasteiger partial charge on any atom is -0.368 e. The lowest BCUT2D eigenvalue weighted by Crippen LogP contribution is -2.26. The number of anilines is 1. The molecular formula is C18H19ClN6. The van der Waals surface area contributed by atoms with E-state index in [2.05, 4.69) is 26.4 Å². The molecule has 0 amide bonds. The lowest BCUT2D eigenvalue weighted by Gasteiger charge is -2.24. The quantitative estimate of drug-likeness (QED) is 0.761. The molecule has 0 saturated heterocycles. The highest BCUT2D eigenvalue weighted by Crippen LogP contribution is 2.25. The molecule has 1 unspecified atom stereocenters. The van der Waals surface area contributed by atoms with Crippen LogP contribution < -0.4 is 5.32 Å². The Labute approximate surface area is 151 Å². The number of hydrogen-bond donors (Lipinski definition) is 1. The minimum atomic E-state index is 0.141. The van der Waals surface area contributed by atoms with Gasteiger partial charge in [0.2, 0.25) is 0 Å². The molecule has 1 atom stereocenters. The number of fused-ring (bicyclic) bond motifs is 1. The van der Waals surface area contributed by atoms with Gasteiger partial charge in [-0.2, -0.15) is 10.4 Å². The summed E-state index contributed by atoms with van der Waals surface area (Å²) in [6.07, 6.45) is 3.87. The van der Waals surface area contributed by atoms with Crippen LogP contribution in [0.5, 0.6) is 0 Å². The zero-order chi connectivity index (χ0) is 18.0. The van der Waals surface area contributed by atoms with E-state index in [0.29, 0.717) is 22.9 Å². The Kier molecular flexibility index (Phi) is 4.88. The van der Waals surface area contributed by atoms with Gasteiger partial charge in [0.05, 0.1) is 29.4 Å². The van der Waals surface area contributed by atoms with Crippen molar-refractivity contribution in [1.82, 2.24) is 19.7 Å². The number of aromatic nitrogens is 3. The molecule has 3 aromatic rings. The monoisotopic (exact) mass is 354 g/mol. The second-order valence-corrected chi connectivity index (χ2v) is 6.57. The summed E-state index contributed by atoms with van der Waals surface area (Å²) in [5, 5.41) is 18.4. The summed E-state index contributed by atoms with van der Waals surface area (Å²) in [5.74, 6) is 0.669. The third-order valence-electron chi connectivity index (χ3n) is 4.10. The number of rotatable bonds is 5. The smallest absolute Gasteiger partial charge is 0.128 e. The summed E-state index contributed by atoms with van der Waals surface area (Å²) in [7, 11) is 5.95. The largest absolute Gasteiger partial charge is 0.368 e. The van der Waals surface area contributed by atoms with Crippen LogP contribution in [0.1, 0.15) is 17.2 Å². The lowest BCUT2D eigenvalue weighted by molar-refractivity contribution is 0.311. The molecule has 0 aliphatic carbocycles. The zero-order valence-corrected chi connectivity index (χ0v) is 15.1. The van der Waals surface area contributed by atoms with Crippen molar-refractivity contribution in [2.45, 2.75) is 6.04 Å². The fraction of sp³-hybridized carbons (Fsp3) is 0.278. The molecule has 1 aromatic carbocycles. The van der Waals surface area contributed by atoms with E-state index in [0.717, 1.165) is 16.5 Å². The lowest BCUT2D eigenvalue weighted by atomic mass is 10.1. The van der Waals surface area contributed by atoms with E-state index in [9.17, 15) is 5.26 Å². The molecule has 3 rings (SSSR count). The second kappa shape index (κ2) is 7.09. The molecule has 25 heavy (non-hydrogen) atoms. The molecule has 0 radical (unpaired) electrons. The van der Waals surface area contributed by atoms with Gasteiger partial charge in [-0.05, 0) is 38.4 Å². The first-order valence-electron chi connectivity index (χ1n) is 7.87. The Morgan fingerprint density at radius 1 is 1.36 bits per heavy atom. The maximum atomic E-state index is 9.43. The minimum absolute atomic E-state index is 0.141. The van der Waals surface area contributed by atoms with Gasteiger partial charge in [0, 0.05) is 35.8 Å². The van der Waals surface area contributed by atoms with Crippen LogP contribution in [0, 0.1) is 11.3 Å². The fourth-order valence-electron chi connectivity index (χ4n) is 2.79. The molecule has 0 spiro atoms. The highest BCUT2D eigenvalue weighted by molar-refractivity contribution is 6.31. The SMILES string of the molecule is CN(C)C(CNc1cc(C#N)c2cc(Cl)ccc2n1)c1cnn(C)c1. The molecule has 0 saturated carbocycles. The highest BCUT2D eigenvalue weighted by atomic mass is 35.5. The van der Waals surface area contributed by atoms with Gasteiger partial charge in [-0.1, -0.05) is 11.6 Å². The van der Waals surface area contributed by atoms with Gasteiger partial charge >= 0.3 is 0 Å². The first kappa shape index (κ1) is 17.2. The van der Waals surface area contributed by atoms with Crippen molar-refractivity contribution in [2.75, 3.05) is 26.0 Å². The average molecular weight is 355 g/mol. The molecule has 0 aliphatic heterocycles. The van der Waals surface area contributed by atoms with Crippen molar-refractivity contribution >= 4 is 28.3 Å². The predicted molar refractivity (Wildman–Crippen MR) is 99.6 cm³/mol. The maximum absolute atomic E-state index is 9.43. The van der Waals surface area contributed by atoms with Crippen molar-refractivity contribution in [3.8, 4) is 6.07 Å². The van der Waals surface area contributed by atoms with Gasteiger partial charge in [-0.25, -0.2) is 4.98 Å². The molecule has 7 heteroatoms. The number of nitriles is 1. The van der Waals surface area contributed by atoms with Crippen LogP contribution in [0.15, 0.2) is 36.7 Å². The fourth-order valence-corrected chi connectivity index (χ4v) is 2.97. The van der Waals surface area contributed by atoms with Crippen LogP contribution in [0.4, 0.5) is 5.82 Å². The van der Waals surface area contributed by atoms with Crippen LogP contribution >= 0.6 is 11.6 Å². The number of hydrogen-bond acceptors (Lipinski definition) is 5. The van der Waals surface area contributed by atoms with Gasteiger partial charge in [-0.15, -0.1) is 0 Å². The van der Waals surface area contributed by atoms with Gasteiger partial charge in [-0.3, -0.25) is 4.68 Å². The molecule has 2 aromatic heterocycles. The topological polar surface area (TPSA) is 69.8 Å². The van der Waals surface area contributed by atoms with E-state index >= 15 is 0 Å². The highest BCUT2D eigenvalue weighted by Gasteiger charge is 2.16. The van der Waals surface area contributed by atoms with Crippen LogP contribution in [0.3, 0.4) is 0 Å². The molecule has 0 fully saturated rings. The summed E-state index contributed by atoms with van der Waals surface area (Å²) >= 11 is 6.03. The molecule has 128 valence electrons. The third kappa shape index (κ3) is 3.73. The number of pyridine rings is 1. The maximum Gasteiger partial charge on any atom is 0.128 e. The van der Waals surface area contributed by atoms with E-state index in [4.69, 9.17) is 11.6 Å². The number of aryl methyl sites for hydroxylation is 1. The van der Waals surface area contributed by atoms with Crippen molar-refractivity contribution in [2.24, 2.45) is 7.05 Å². The van der Waals surface area contributed by atoms with E-state index in [-0.39, 0.29) is 6.04 Å². The average Bonchev–Trinajstić information content (AvgIpc) is 3.00. The van der Waals surface area contributed by atoms with E-state index in [1.807, 2.05) is 39.6 Å². The summed E-state index contributed by atoms with van der Waals surface area (Å²) in [6.45, 7) is 0.648. The summed E-state index contributed by atoms with van der Waals surface area (Å²) in [6, 6.07) is 9.49. The molecule has 6 nitrogen and oxygen atoms in total. The Balaban J connectivity index is 1.87. The van der Waals surface area contributed by atoms with E-state index in [1.165, 1.54) is 0 Å². The number of nitrogens with one attached hydrogen (secondary N) is 1. The van der Waals surface area contributed by atoms with E-state index < -0.39 is 0 Å². The third-order valence-corrected chi connectivity index (χ3v) is 4.34. The normalized spacial score (nSPS) is 12.3. The predicted octanol–water partition coefficient (Wildman–Crippen LogP) is 3.21. The van der Waals surface area contributed by atoms with Crippen molar-refractivity contribution < 1.29 is 0 Å². The number of nitrogens with zero attached hydrogens (tertiary/aromatic N) is 5. The second-order valence-electron chi connectivity index (χ2n) is 6.14. The Morgan fingerprint density at radius 2 is 2.16 bits per heavy atom. The van der Waals surface area contributed by atoms with Crippen molar-refractivity contribution in [1.29, 1.82) is 5.26 Å². The molecule has 1 N–H and O–H groups in total. The summed E-state index contributed by atoms with van der Waals surface area (Å²) in [4.78, 5) is 6.72. The van der Waals surface area contributed by atoms with Gasteiger partial charge in [0.1, 0.15) is 5.82 Å². The van der Waals surface area contributed by atoms with Crippen LogP contribution in [-0.2, 0) is 7.05 Å². The molecule has 0 aliphatic rings. The van der Waals surface area contributed by atoms with Crippen molar-refractivity contribution in [3.63, 3.8) is 0 Å². The zero-order valence-electron chi connectivity index (χ0n) is 14.4. The molecular weight excluding hydrogens is 336 g/mol. The van der Waals surface area contributed by atoms with Crippen LogP contribution in [0.2, 0.25) is 5.02 Å². The van der Waals surface area contributed by atoms with Crippen LogP contribution in [0.25, 0.3) is 10.9 Å².